The molecule has 0 aliphatic carbocycles. The molecule has 1 N–H and O–H groups in total. The first-order valence-electron chi connectivity index (χ1n) is 9.01. The zero-order valence-electron chi connectivity index (χ0n) is 15.6. The largest absolute Gasteiger partial charge is 0.395 e. The highest BCUT2D eigenvalue weighted by molar-refractivity contribution is 5.97. The lowest BCUT2D eigenvalue weighted by molar-refractivity contribution is -0.128. The summed E-state index contributed by atoms with van der Waals surface area (Å²) in [5, 5.41) is 18.8. The van der Waals surface area contributed by atoms with Crippen molar-refractivity contribution >= 4 is 5.91 Å². The molecule has 0 unspecified atom stereocenters. The second-order valence-electron chi connectivity index (χ2n) is 6.78. The molecule has 1 amide bonds. The molecular formula is C20H28N4O2. The molecule has 140 valence electrons. The van der Waals surface area contributed by atoms with Crippen molar-refractivity contribution in [1.29, 1.82) is 5.26 Å². The second kappa shape index (κ2) is 9.95. The van der Waals surface area contributed by atoms with Crippen LogP contribution in [0.4, 0.5) is 0 Å². The van der Waals surface area contributed by atoms with E-state index in [9.17, 15) is 15.2 Å². The van der Waals surface area contributed by atoms with Gasteiger partial charge in [0.2, 0.25) is 0 Å². The van der Waals surface area contributed by atoms with Crippen LogP contribution >= 0.6 is 0 Å². The fourth-order valence-electron chi connectivity index (χ4n) is 3.19. The van der Waals surface area contributed by atoms with Gasteiger partial charge in [0.05, 0.1) is 6.61 Å². The number of benzene rings is 1. The fourth-order valence-corrected chi connectivity index (χ4v) is 3.19. The lowest BCUT2D eigenvalue weighted by atomic mass is 10.0. The van der Waals surface area contributed by atoms with Crippen LogP contribution in [0.2, 0.25) is 0 Å². The predicted octanol–water partition coefficient (Wildman–Crippen LogP) is 1.44. The molecule has 1 heterocycles. The van der Waals surface area contributed by atoms with E-state index >= 15 is 0 Å². The van der Waals surface area contributed by atoms with Crippen molar-refractivity contribution < 1.29 is 9.90 Å². The van der Waals surface area contributed by atoms with Crippen LogP contribution in [0.1, 0.15) is 18.4 Å². The summed E-state index contributed by atoms with van der Waals surface area (Å²) >= 11 is 0. The second-order valence-corrected chi connectivity index (χ2v) is 6.78. The van der Waals surface area contributed by atoms with E-state index in [0.29, 0.717) is 13.1 Å². The quantitative estimate of drug-likeness (QED) is 0.591. The zero-order chi connectivity index (χ0) is 18.9. The molecule has 1 aromatic carbocycles. The lowest BCUT2D eigenvalue weighted by Crippen LogP contribution is -2.45. The highest BCUT2D eigenvalue weighted by Gasteiger charge is 2.26. The third-order valence-corrected chi connectivity index (χ3v) is 4.83. The molecule has 0 radical (unpaired) electrons. The van der Waals surface area contributed by atoms with Gasteiger partial charge in [-0.3, -0.25) is 4.79 Å². The molecule has 6 heteroatoms. The van der Waals surface area contributed by atoms with E-state index in [-0.39, 0.29) is 24.1 Å². The monoisotopic (exact) mass is 356 g/mol. The molecule has 26 heavy (non-hydrogen) atoms. The van der Waals surface area contributed by atoms with Crippen LogP contribution in [0.5, 0.6) is 0 Å². The summed E-state index contributed by atoms with van der Waals surface area (Å²) < 4.78 is 0. The van der Waals surface area contributed by atoms with Gasteiger partial charge in [-0.25, -0.2) is 0 Å². The Kier molecular flexibility index (Phi) is 7.64. The van der Waals surface area contributed by atoms with E-state index < -0.39 is 0 Å². The molecule has 0 atom stereocenters. The predicted molar refractivity (Wildman–Crippen MR) is 101 cm³/mol. The number of aliphatic hydroxyl groups is 1. The van der Waals surface area contributed by atoms with E-state index in [2.05, 4.69) is 11.9 Å². The molecule has 1 aliphatic rings. The van der Waals surface area contributed by atoms with E-state index in [4.69, 9.17) is 0 Å². The molecule has 2 rings (SSSR count). The Morgan fingerprint density at radius 3 is 2.58 bits per heavy atom. The molecule has 0 bridgehead atoms. The summed E-state index contributed by atoms with van der Waals surface area (Å²) in [5.74, 6) is -0.252. The highest BCUT2D eigenvalue weighted by atomic mass is 16.3. The third-order valence-electron chi connectivity index (χ3n) is 4.83. The van der Waals surface area contributed by atoms with Crippen LogP contribution in [0.3, 0.4) is 0 Å². The number of carbonyl (C=O) groups excluding carboxylic acids is 1. The average molecular weight is 356 g/mol. The maximum absolute atomic E-state index is 12.8. The van der Waals surface area contributed by atoms with Crippen molar-refractivity contribution in [3.8, 4) is 6.07 Å². The van der Waals surface area contributed by atoms with E-state index in [0.717, 1.165) is 31.5 Å². The number of amides is 1. The Morgan fingerprint density at radius 1 is 1.35 bits per heavy atom. The number of rotatable bonds is 7. The van der Waals surface area contributed by atoms with Gasteiger partial charge in [-0.2, -0.15) is 5.26 Å². The summed E-state index contributed by atoms with van der Waals surface area (Å²) in [6.07, 6.45) is 3.42. The van der Waals surface area contributed by atoms with Crippen LogP contribution in [-0.4, -0.2) is 72.1 Å². The van der Waals surface area contributed by atoms with Crippen molar-refractivity contribution in [2.24, 2.45) is 0 Å². The Hall–Kier alpha value is -2.36. The van der Waals surface area contributed by atoms with Crippen LogP contribution in [0.25, 0.3) is 0 Å². The Labute approximate surface area is 155 Å². The standard InChI is InChI=1S/C20H28N4O2/c1-22-10-8-19(9-11-22)23(2)20(26)18(14-21)16-24(12-13-25)15-17-6-4-3-5-7-17/h3-7,16,19,25H,8-13,15H2,1-2H3/b18-16-. The van der Waals surface area contributed by atoms with Gasteiger partial charge < -0.3 is 19.8 Å². The molecule has 1 aromatic rings. The summed E-state index contributed by atoms with van der Waals surface area (Å²) in [7, 11) is 3.85. The Morgan fingerprint density at radius 2 is 2.00 bits per heavy atom. The summed E-state index contributed by atoms with van der Waals surface area (Å²) in [4.78, 5) is 18.5. The molecule has 0 saturated carbocycles. The number of hydrogen-bond donors (Lipinski definition) is 1. The molecule has 1 aliphatic heterocycles. The summed E-state index contributed by atoms with van der Waals surface area (Å²) in [6, 6.07) is 12.0. The first-order chi connectivity index (χ1) is 12.5. The summed E-state index contributed by atoms with van der Waals surface area (Å²) in [5.41, 5.74) is 1.17. The van der Waals surface area contributed by atoms with Crippen molar-refractivity contribution in [1.82, 2.24) is 14.7 Å². The molecule has 1 fully saturated rings. The van der Waals surface area contributed by atoms with Crippen molar-refractivity contribution in [3.63, 3.8) is 0 Å². The molecule has 1 saturated heterocycles. The van der Waals surface area contributed by atoms with E-state index in [1.807, 2.05) is 41.3 Å². The molecule has 0 spiro atoms. The van der Waals surface area contributed by atoms with Gasteiger partial charge >= 0.3 is 0 Å². The Bertz CT molecular complexity index is 646. The minimum atomic E-state index is -0.252. The Balaban J connectivity index is 2.09. The molecule has 6 nitrogen and oxygen atoms in total. The minimum absolute atomic E-state index is 0.0406. The average Bonchev–Trinajstić information content (AvgIpc) is 2.66. The first kappa shape index (κ1) is 20.0. The van der Waals surface area contributed by atoms with Gasteiger partial charge in [-0.15, -0.1) is 0 Å². The fraction of sp³-hybridized carbons (Fsp3) is 0.500. The number of carbonyl (C=O) groups is 1. The van der Waals surface area contributed by atoms with Gasteiger partial charge in [0, 0.05) is 32.4 Å². The first-order valence-corrected chi connectivity index (χ1v) is 9.01. The van der Waals surface area contributed by atoms with Crippen molar-refractivity contribution in [2.75, 3.05) is 40.3 Å². The van der Waals surface area contributed by atoms with Crippen LogP contribution in [0.15, 0.2) is 42.1 Å². The minimum Gasteiger partial charge on any atom is -0.395 e. The maximum Gasteiger partial charge on any atom is 0.265 e. The molecular weight excluding hydrogens is 328 g/mol. The van der Waals surface area contributed by atoms with Crippen LogP contribution in [0, 0.1) is 11.3 Å². The smallest absolute Gasteiger partial charge is 0.265 e. The zero-order valence-corrected chi connectivity index (χ0v) is 15.6. The molecule has 0 aromatic heterocycles. The number of aliphatic hydroxyl groups excluding tert-OH is 1. The number of nitriles is 1. The van der Waals surface area contributed by atoms with E-state index in [1.54, 1.807) is 18.1 Å². The number of likely N-dealkylation sites (N-methyl/N-ethyl adjacent to an activating group) is 1. The third kappa shape index (κ3) is 5.58. The van der Waals surface area contributed by atoms with Crippen LogP contribution in [-0.2, 0) is 11.3 Å². The lowest BCUT2D eigenvalue weighted by Gasteiger charge is -2.35. The topological polar surface area (TPSA) is 70.8 Å². The van der Waals surface area contributed by atoms with Crippen molar-refractivity contribution in [2.45, 2.75) is 25.4 Å². The van der Waals surface area contributed by atoms with E-state index in [1.165, 1.54) is 0 Å². The summed E-state index contributed by atoms with van der Waals surface area (Å²) in [6.45, 7) is 2.78. The van der Waals surface area contributed by atoms with Gasteiger partial charge in [0.15, 0.2) is 0 Å². The number of hydrogen-bond acceptors (Lipinski definition) is 5. The normalized spacial score (nSPS) is 16.2. The van der Waals surface area contributed by atoms with Gasteiger partial charge in [0.25, 0.3) is 5.91 Å². The highest BCUT2D eigenvalue weighted by Crippen LogP contribution is 2.17. The number of likely N-dealkylation sites (tertiary alicyclic amines) is 1. The van der Waals surface area contributed by atoms with Crippen LogP contribution < -0.4 is 0 Å². The van der Waals surface area contributed by atoms with Gasteiger partial charge in [-0.1, -0.05) is 30.3 Å². The number of nitrogens with zero attached hydrogens (tertiary/aromatic N) is 4. The van der Waals surface area contributed by atoms with Gasteiger partial charge in [-0.05, 0) is 38.5 Å². The van der Waals surface area contributed by atoms with Crippen molar-refractivity contribution in [3.05, 3.63) is 47.7 Å². The number of piperidine rings is 1. The SMILES string of the molecule is CN1CCC(N(C)C(=O)/C(C#N)=C\N(CCO)Cc2ccccc2)CC1. The van der Waals surface area contributed by atoms with Gasteiger partial charge in [0.1, 0.15) is 11.6 Å². The maximum atomic E-state index is 12.8.